The second kappa shape index (κ2) is 7.59. The Bertz CT molecular complexity index is 749. The predicted molar refractivity (Wildman–Crippen MR) is 94.5 cm³/mol. The van der Waals surface area contributed by atoms with E-state index in [-0.39, 0.29) is 11.7 Å². The van der Waals surface area contributed by atoms with E-state index in [1.807, 2.05) is 39.0 Å². The highest BCUT2D eigenvalue weighted by molar-refractivity contribution is 5.70. The summed E-state index contributed by atoms with van der Waals surface area (Å²) in [5.41, 5.74) is 2.05. The van der Waals surface area contributed by atoms with Gasteiger partial charge in [0.1, 0.15) is 23.3 Å². The molecule has 1 amide bonds. The van der Waals surface area contributed by atoms with Gasteiger partial charge in [-0.05, 0) is 44.5 Å². The van der Waals surface area contributed by atoms with Crippen LogP contribution in [0.4, 0.5) is 16.2 Å². The van der Waals surface area contributed by atoms with Gasteiger partial charge in [0.15, 0.2) is 0 Å². The number of rotatable bonds is 2. The number of allylic oxidation sites excluding steroid dienone is 1. The number of benzene rings is 1. The topological polar surface area (TPSA) is 101 Å². The van der Waals surface area contributed by atoms with Crippen molar-refractivity contribution in [1.29, 1.82) is 10.5 Å². The van der Waals surface area contributed by atoms with Gasteiger partial charge in [-0.15, -0.1) is 0 Å². The average Bonchev–Trinajstić information content (AvgIpc) is 2.76. The highest BCUT2D eigenvalue weighted by atomic mass is 16.6. The van der Waals surface area contributed by atoms with Crippen LogP contribution in [0.5, 0.6) is 0 Å². The number of hydrogen-bond donors (Lipinski definition) is 2. The van der Waals surface area contributed by atoms with Crippen LogP contribution >= 0.6 is 0 Å². The first kappa shape index (κ1) is 18.2. The molecule has 0 unspecified atom stereocenters. The van der Waals surface area contributed by atoms with Crippen LogP contribution in [-0.4, -0.2) is 29.7 Å². The molecule has 2 rings (SSSR count). The number of hydrogen-bond acceptors (Lipinski definition) is 6. The number of nitrogens with one attached hydrogen (secondary N) is 2. The largest absolute Gasteiger partial charge is 0.444 e. The Labute approximate surface area is 147 Å². The summed E-state index contributed by atoms with van der Waals surface area (Å²) in [6.07, 6.45) is 1.01. The van der Waals surface area contributed by atoms with Crippen LogP contribution in [0.3, 0.4) is 0 Å². The first-order chi connectivity index (χ1) is 11.8. The lowest BCUT2D eigenvalue weighted by Crippen LogP contribution is -2.37. The third-order valence-electron chi connectivity index (χ3n) is 3.44. The van der Waals surface area contributed by atoms with Crippen molar-refractivity contribution in [3.05, 3.63) is 35.5 Å². The van der Waals surface area contributed by atoms with E-state index in [0.29, 0.717) is 19.6 Å². The number of fused-ring (bicyclic) bond motifs is 1. The minimum Gasteiger partial charge on any atom is -0.444 e. The molecule has 0 saturated heterocycles. The van der Waals surface area contributed by atoms with Crippen LogP contribution in [0, 0.1) is 22.7 Å². The molecule has 0 aliphatic carbocycles. The Morgan fingerprint density at radius 1 is 1.36 bits per heavy atom. The molecule has 0 bridgehead atoms. The standard InChI is InChI=1S/C18H21N5O2/c1-18(2,3)25-17(24)23-7-6-21-16-5-4-15(8-14(16)12-23)22-11-13(9-19)10-20/h4-5,8,11,21-22H,6-7,12H2,1-3H3. The molecule has 1 aromatic rings. The number of anilines is 2. The quantitative estimate of drug-likeness (QED) is 0.802. The zero-order chi connectivity index (χ0) is 18.4. The molecule has 130 valence electrons. The molecule has 7 heteroatoms. The minimum atomic E-state index is -0.543. The zero-order valence-corrected chi connectivity index (χ0v) is 14.6. The molecule has 0 atom stereocenters. The summed E-state index contributed by atoms with van der Waals surface area (Å²) in [5, 5.41) is 23.8. The molecule has 0 radical (unpaired) electrons. The number of nitrogens with zero attached hydrogens (tertiary/aromatic N) is 3. The highest BCUT2D eigenvalue weighted by Gasteiger charge is 2.24. The molecule has 1 aliphatic heterocycles. The fraction of sp³-hybridized carbons (Fsp3) is 0.389. The predicted octanol–water partition coefficient (Wildman–Crippen LogP) is 3.19. The molecule has 2 N–H and O–H groups in total. The Hall–Kier alpha value is -3.19. The van der Waals surface area contributed by atoms with Crippen molar-refractivity contribution in [1.82, 2.24) is 4.90 Å². The van der Waals surface area contributed by atoms with E-state index in [1.54, 1.807) is 17.0 Å². The SMILES string of the molecule is CC(C)(C)OC(=O)N1CCNc2ccc(NC=C(C#N)C#N)cc2C1. The summed E-state index contributed by atoms with van der Waals surface area (Å²) in [6, 6.07) is 9.22. The number of amides is 1. The van der Waals surface area contributed by atoms with Crippen LogP contribution < -0.4 is 10.6 Å². The second-order valence-corrected chi connectivity index (χ2v) is 6.63. The van der Waals surface area contributed by atoms with Crippen molar-refractivity contribution < 1.29 is 9.53 Å². The van der Waals surface area contributed by atoms with E-state index in [9.17, 15) is 4.79 Å². The van der Waals surface area contributed by atoms with Gasteiger partial charge in [0.05, 0.1) is 6.54 Å². The van der Waals surface area contributed by atoms with Crippen molar-refractivity contribution in [3.63, 3.8) is 0 Å². The smallest absolute Gasteiger partial charge is 0.410 e. The first-order valence-electron chi connectivity index (χ1n) is 7.94. The zero-order valence-electron chi connectivity index (χ0n) is 14.6. The molecule has 1 heterocycles. The molecule has 0 saturated carbocycles. The van der Waals surface area contributed by atoms with Crippen LogP contribution in [0.2, 0.25) is 0 Å². The fourth-order valence-electron chi connectivity index (χ4n) is 2.32. The molecular weight excluding hydrogens is 318 g/mol. The molecule has 25 heavy (non-hydrogen) atoms. The summed E-state index contributed by atoms with van der Waals surface area (Å²) in [6.45, 7) is 7.10. The van der Waals surface area contributed by atoms with Crippen LogP contribution in [0.25, 0.3) is 0 Å². The Morgan fingerprint density at radius 3 is 2.72 bits per heavy atom. The maximum Gasteiger partial charge on any atom is 0.410 e. The number of ether oxygens (including phenoxy) is 1. The number of carbonyl (C=O) groups excluding carboxylic acids is 1. The lowest BCUT2D eigenvalue weighted by molar-refractivity contribution is 0.0245. The third kappa shape index (κ3) is 5.15. The van der Waals surface area contributed by atoms with Gasteiger partial charge < -0.3 is 20.3 Å². The van der Waals surface area contributed by atoms with Crippen molar-refractivity contribution >= 4 is 17.5 Å². The minimum absolute atomic E-state index is 0.0107. The highest BCUT2D eigenvalue weighted by Crippen LogP contribution is 2.25. The van der Waals surface area contributed by atoms with Crippen LogP contribution in [-0.2, 0) is 11.3 Å². The Kier molecular flexibility index (Phi) is 5.51. The summed E-state index contributed by atoms with van der Waals surface area (Å²) < 4.78 is 5.45. The molecular formula is C18H21N5O2. The molecule has 0 spiro atoms. The maximum atomic E-state index is 12.3. The average molecular weight is 339 g/mol. The van der Waals surface area contributed by atoms with Crippen LogP contribution in [0.1, 0.15) is 26.3 Å². The van der Waals surface area contributed by atoms with E-state index in [0.717, 1.165) is 16.9 Å². The lowest BCUT2D eigenvalue weighted by Gasteiger charge is -2.26. The van der Waals surface area contributed by atoms with Gasteiger partial charge in [0.25, 0.3) is 0 Å². The van der Waals surface area contributed by atoms with Gasteiger partial charge in [-0.25, -0.2) is 4.79 Å². The molecule has 0 fully saturated rings. The van der Waals surface area contributed by atoms with E-state index in [2.05, 4.69) is 10.6 Å². The van der Waals surface area contributed by atoms with Gasteiger partial charge in [-0.2, -0.15) is 10.5 Å². The molecule has 1 aliphatic rings. The van der Waals surface area contributed by atoms with Crippen molar-refractivity contribution in [2.24, 2.45) is 0 Å². The van der Waals surface area contributed by atoms with Crippen LogP contribution in [0.15, 0.2) is 30.0 Å². The molecule has 7 nitrogen and oxygen atoms in total. The van der Waals surface area contributed by atoms with Gasteiger partial charge >= 0.3 is 6.09 Å². The summed E-state index contributed by atoms with van der Waals surface area (Å²) in [7, 11) is 0. The van der Waals surface area contributed by atoms with Crippen molar-refractivity contribution in [3.8, 4) is 12.1 Å². The third-order valence-corrected chi connectivity index (χ3v) is 3.44. The second-order valence-electron chi connectivity index (χ2n) is 6.63. The normalized spacial score (nSPS) is 13.2. The van der Waals surface area contributed by atoms with E-state index in [1.165, 1.54) is 6.20 Å². The van der Waals surface area contributed by atoms with Crippen molar-refractivity contribution in [2.45, 2.75) is 32.9 Å². The summed E-state index contributed by atoms with van der Waals surface area (Å²) in [4.78, 5) is 14.0. The van der Waals surface area contributed by atoms with E-state index in [4.69, 9.17) is 15.3 Å². The van der Waals surface area contributed by atoms with Gasteiger partial charge in [-0.1, -0.05) is 0 Å². The Morgan fingerprint density at radius 2 is 2.08 bits per heavy atom. The maximum absolute atomic E-state index is 12.3. The van der Waals surface area contributed by atoms with Gasteiger partial charge in [0.2, 0.25) is 0 Å². The van der Waals surface area contributed by atoms with Crippen molar-refractivity contribution in [2.75, 3.05) is 23.7 Å². The van der Waals surface area contributed by atoms with E-state index < -0.39 is 5.60 Å². The molecule has 1 aromatic carbocycles. The lowest BCUT2D eigenvalue weighted by atomic mass is 10.1. The monoisotopic (exact) mass is 339 g/mol. The Balaban J connectivity index is 2.17. The number of carbonyl (C=O) groups is 1. The van der Waals surface area contributed by atoms with E-state index >= 15 is 0 Å². The first-order valence-corrected chi connectivity index (χ1v) is 7.94. The summed E-state index contributed by atoms with van der Waals surface area (Å²) >= 11 is 0. The number of nitriles is 2. The fourth-order valence-corrected chi connectivity index (χ4v) is 2.32. The summed E-state index contributed by atoms with van der Waals surface area (Å²) in [5.74, 6) is 0. The molecule has 0 aromatic heterocycles. The van der Waals surface area contributed by atoms with Gasteiger partial charge in [0, 0.05) is 30.7 Å². The van der Waals surface area contributed by atoms with Gasteiger partial charge in [-0.3, -0.25) is 0 Å².